The van der Waals surface area contributed by atoms with Crippen LogP contribution in [-0.4, -0.2) is 47.1 Å². The summed E-state index contributed by atoms with van der Waals surface area (Å²) >= 11 is 5.98. The molecule has 0 radical (unpaired) electrons. The van der Waals surface area contributed by atoms with Crippen LogP contribution in [0.15, 0.2) is 60.9 Å². The van der Waals surface area contributed by atoms with Crippen molar-refractivity contribution in [3.05, 3.63) is 77.3 Å². The van der Waals surface area contributed by atoms with Gasteiger partial charge in [-0.3, -0.25) is 14.9 Å². The molecule has 1 aromatic heterocycles. The Morgan fingerprint density at radius 2 is 1.88 bits per heavy atom. The van der Waals surface area contributed by atoms with Crippen LogP contribution in [0.3, 0.4) is 0 Å². The molecular formula is C30H28ClFN6O4. The molecular weight excluding hydrogens is 563 g/mol. The lowest BCUT2D eigenvalue weighted by atomic mass is 10.1. The fraction of sp³-hybridized carbons (Fsp3) is 0.267. The number of piperidine rings is 1. The van der Waals surface area contributed by atoms with Crippen LogP contribution in [0.25, 0.3) is 10.9 Å². The first-order chi connectivity index (χ1) is 20.4. The number of aromatic nitrogens is 2. The summed E-state index contributed by atoms with van der Waals surface area (Å²) in [6.07, 6.45) is 2.95. The van der Waals surface area contributed by atoms with E-state index in [2.05, 4.69) is 31.2 Å². The SMILES string of the molecule is O=C1CCC(Nc2ccc(CNc3cc4c(Nc5ccc(F)c(Cl)c5)ncnc4cc3O[C@H]3CCOC3)cc2)C(=O)N1. The number of anilines is 4. The number of benzene rings is 3. The third kappa shape index (κ3) is 6.37. The summed E-state index contributed by atoms with van der Waals surface area (Å²) < 4.78 is 25.5. The van der Waals surface area contributed by atoms with Crippen molar-refractivity contribution >= 4 is 57.2 Å². The van der Waals surface area contributed by atoms with E-state index in [0.29, 0.717) is 55.4 Å². The summed E-state index contributed by atoms with van der Waals surface area (Å²) in [6, 6.07) is 15.5. The molecule has 2 aliphatic heterocycles. The Morgan fingerprint density at radius 1 is 1.05 bits per heavy atom. The van der Waals surface area contributed by atoms with Crippen LogP contribution < -0.4 is 26.0 Å². The molecule has 12 heteroatoms. The lowest BCUT2D eigenvalue weighted by Crippen LogP contribution is -2.47. The molecule has 0 spiro atoms. The van der Waals surface area contributed by atoms with Crippen LogP contribution >= 0.6 is 11.6 Å². The van der Waals surface area contributed by atoms with Gasteiger partial charge in [-0.1, -0.05) is 23.7 Å². The summed E-state index contributed by atoms with van der Waals surface area (Å²) in [5.41, 5.74) is 3.80. The van der Waals surface area contributed by atoms with Crippen LogP contribution in [0.4, 0.5) is 27.3 Å². The molecule has 2 atom stereocenters. The second kappa shape index (κ2) is 12.2. The Kier molecular flexibility index (Phi) is 8.02. The van der Waals surface area contributed by atoms with Crippen molar-refractivity contribution in [1.82, 2.24) is 15.3 Å². The zero-order chi connectivity index (χ0) is 29.1. The number of hydrogen-bond donors (Lipinski definition) is 4. The monoisotopic (exact) mass is 590 g/mol. The van der Waals surface area contributed by atoms with Gasteiger partial charge in [-0.05, 0) is 48.4 Å². The lowest BCUT2D eigenvalue weighted by Gasteiger charge is -2.23. The smallest absolute Gasteiger partial charge is 0.249 e. The number of rotatable bonds is 9. The van der Waals surface area contributed by atoms with Gasteiger partial charge in [-0.2, -0.15) is 0 Å². The van der Waals surface area contributed by atoms with Crippen molar-refractivity contribution < 1.29 is 23.5 Å². The van der Waals surface area contributed by atoms with Crippen LogP contribution in [0, 0.1) is 5.82 Å². The van der Waals surface area contributed by atoms with Crippen molar-refractivity contribution in [3.63, 3.8) is 0 Å². The molecule has 2 amide bonds. The number of carbonyl (C=O) groups is 2. The van der Waals surface area contributed by atoms with Crippen LogP contribution in [0.2, 0.25) is 5.02 Å². The van der Waals surface area contributed by atoms with Gasteiger partial charge in [0.05, 0.1) is 29.4 Å². The molecule has 0 bridgehead atoms. The number of imide groups is 1. The second-order valence-electron chi connectivity index (χ2n) is 10.1. The number of ether oxygens (including phenoxy) is 2. The zero-order valence-electron chi connectivity index (χ0n) is 22.5. The van der Waals surface area contributed by atoms with Gasteiger partial charge in [-0.15, -0.1) is 0 Å². The quantitative estimate of drug-likeness (QED) is 0.195. The first kappa shape index (κ1) is 27.7. The number of nitrogens with one attached hydrogen (secondary N) is 4. The molecule has 0 aliphatic carbocycles. The van der Waals surface area contributed by atoms with Gasteiger partial charge < -0.3 is 25.4 Å². The predicted molar refractivity (Wildman–Crippen MR) is 158 cm³/mol. The minimum absolute atomic E-state index is 0.00788. The topological polar surface area (TPSA) is 127 Å². The maximum absolute atomic E-state index is 13.7. The average molecular weight is 591 g/mol. The molecule has 2 fully saturated rings. The van der Waals surface area contributed by atoms with Gasteiger partial charge in [0.25, 0.3) is 0 Å². The van der Waals surface area contributed by atoms with E-state index >= 15 is 0 Å². The summed E-state index contributed by atoms with van der Waals surface area (Å²) in [4.78, 5) is 32.4. The van der Waals surface area contributed by atoms with Crippen molar-refractivity contribution in [2.45, 2.75) is 38.0 Å². The van der Waals surface area contributed by atoms with Crippen LogP contribution in [-0.2, 0) is 20.9 Å². The van der Waals surface area contributed by atoms with E-state index < -0.39 is 11.9 Å². The lowest BCUT2D eigenvalue weighted by molar-refractivity contribution is -0.133. The van der Waals surface area contributed by atoms with Gasteiger partial charge in [0, 0.05) is 42.2 Å². The molecule has 2 aliphatic rings. The third-order valence-electron chi connectivity index (χ3n) is 7.12. The van der Waals surface area contributed by atoms with E-state index in [1.54, 1.807) is 6.07 Å². The molecule has 216 valence electrons. The molecule has 3 heterocycles. The number of hydrogen-bond acceptors (Lipinski definition) is 9. The summed E-state index contributed by atoms with van der Waals surface area (Å²) in [6.45, 7) is 1.66. The molecule has 6 rings (SSSR count). The molecule has 2 saturated heterocycles. The minimum Gasteiger partial charge on any atom is -0.486 e. The maximum Gasteiger partial charge on any atom is 0.249 e. The van der Waals surface area contributed by atoms with Gasteiger partial charge in [0.2, 0.25) is 11.8 Å². The highest BCUT2D eigenvalue weighted by atomic mass is 35.5. The van der Waals surface area contributed by atoms with Crippen molar-refractivity contribution in [3.8, 4) is 5.75 Å². The van der Waals surface area contributed by atoms with E-state index in [0.717, 1.165) is 28.7 Å². The van der Waals surface area contributed by atoms with E-state index in [9.17, 15) is 14.0 Å². The zero-order valence-corrected chi connectivity index (χ0v) is 23.2. The third-order valence-corrected chi connectivity index (χ3v) is 7.41. The standard InChI is InChI=1S/C30H28ClFN6O4/c31-22-11-19(5-6-23(22)32)37-29-21-12-26(27(13-25(21)34-16-35-29)42-20-9-10-41-15-20)33-14-17-1-3-18(4-2-17)36-24-7-8-28(39)38-30(24)40/h1-6,11-13,16,20,24,33,36H,7-10,14-15H2,(H,34,35,37)(H,38,39,40)/t20-,24?/m0/s1. The van der Waals surface area contributed by atoms with Gasteiger partial charge in [0.1, 0.15) is 35.9 Å². The van der Waals surface area contributed by atoms with E-state index in [-0.39, 0.29) is 22.9 Å². The van der Waals surface area contributed by atoms with Crippen LogP contribution in [0.5, 0.6) is 5.75 Å². The highest BCUT2D eigenvalue weighted by Crippen LogP contribution is 2.35. The molecule has 42 heavy (non-hydrogen) atoms. The largest absolute Gasteiger partial charge is 0.486 e. The van der Waals surface area contributed by atoms with Crippen molar-refractivity contribution in [1.29, 1.82) is 0 Å². The van der Waals surface area contributed by atoms with Gasteiger partial charge in [-0.25, -0.2) is 14.4 Å². The highest BCUT2D eigenvalue weighted by molar-refractivity contribution is 6.31. The normalized spacial score (nSPS) is 18.5. The Morgan fingerprint density at radius 3 is 2.64 bits per heavy atom. The molecule has 10 nitrogen and oxygen atoms in total. The van der Waals surface area contributed by atoms with Crippen molar-refractivity contribution in [2.75, 3.05) is 29.2 Å². The number of amides is 2. The minimum atomic E-state index is -0.501. The Bertz CT molecular complexity index is 1630. The Hall–Kier alpha value is -4.48. The van der Waals surface area contributed by atoms with Crippen LogP contribution in [0.1, 0.15) is 24.8 Å². The fourth-order valence-electron chi connectivity index (χ4n) is 4.86. The molecule has 4 N–H and O–H groups in total. The number of halogens is 2. The number of carbonyl (C=O) groups excluding carboxylic acids is 2. The summed E-state index contributed by atoms with van der Waals surface area (Å²) in [5, 5.41) is 13.0. The second-order valence-corrected chi connectivity index (χ2v) is 10.6. The number of nitrogens with zero attached hydrogens (tertiary/aromatic N) is 2. The summed E-state index contributed by atoms with van der Waals surface area (Å²) in [5.74, 6) is 0.118. The maximum atomic E-state index is 13.7. The number of fused-ring (bicyclic) bond motifs is 1. The predicted octanol–water partition coefficient (Wildman–Crippen LogP) is 5.16. The fourth-order valence-corrected chi connectivity index (χ4v) is 5.04. The molecule has 0 saturated carbocycles. The molecule has 1 unspecified atom stereocenters. The Labute approximate surface area is 246 Å². The van der Waals surface area contributed by atoms with E-state index in [1.807, 2.05) is 36.4 Å². The Balaban J connectivity index is 1.22. The summed E-state index contributed by atoms with van der Waals surface area (Å²) in [7, 11) is 0. The molecule has 4 aromatic rings. The van der Waals surface area contributed by atoms with Gasteiger partial charge >= 0.3 is 0 Å². The molecule has 3 aromatic carbocycles. The first-order valence-corrected chi connectivity index (χ1v) is 14.0. The van der Waals surface area contributed by atoms with Gasteiger partial charge in [0.15, 0.2) is 0 Å². The first-order valence-electron chi connectivity index (χ1n) is 13.6. The van der Waals surface area contributed by atoms with Crippen molar-refractivity contribution in [2.24, 2.45) is 0 Å². The highest BCUT2D eigenvalue weighted by Gasteiger charge is 2.26. The van der Waals surface area contributed by atoms with E-state index in [1.165, 1.54) is 18.5 Å². The van der Waals surface area contributed by atoms with E-state index in [4.69, 9.17) is 21.1 Å². The average Bonchev–Trinajstić information content (AvgIpc) is 3.49.